The quantitative estimate of drug-likeness (QED) is 0.102. The van der Waals surface area contributed by atoms with E-state index in [1.165, 1.54) is 23.5 Å². The molecule has 0 aliphatic carbocycles. The Bertz CT molecular complexity index is 584. The molecule has 0 heterocycles. The second-order valence-corrected chi connectivity index (χ2v) is 19.8. The lowest BCUT2D eigenvalue weighted by molar-refractivity contribution is -0.109. The van der Waals surface area contributed by atoms with Crippen LogP contribution in [-0.4, -0.2) is 114 Å². The highest BCUT2D eigenvalue weighted by molar-refractivity contribution is 8.29. The highest BCUT2D eigenvalue weighted by Gasteiger charge is 2.06. The molecule has 0 fully saturated rings. The highest BCUT2D eigenvalue weighted by atomic mass is 32.3. The number of hydrogen-bond acceptors (Lipinski definition) is 14. The van der Waals surface area contributed by atoms with Crippen LogP contribution in [0.3, 0.4) is 0 Å². The summed E-state index contributed by atoms with van der Waals surface area (Å²) < 4.78 is 23.6. The molecule has 6 nitrogen and oxygen atoms in total. The number of aliphatic hydroxyl groups excluding tert-OH is 2. The Labute approximate surface area is 249 Å². The monoisotopic (exact) mass is 680 g/mol. The van der Waals surface area contributed by atoms with Gasteiger partial charge in [-0.05, 0) is 12.8 Å². The number of aliphatic hydroxyl groups is 2. The van der Waals surface area contributed by atoms with E-state index in [1.807, 2.05) is 0 Å². The molecule has 0 saturated carbocycles. The van der Waals surface area contributed by atoms with Gasteiger partial charge < -0.3 is 10.2 Å². The zero-order valence-corrected chi connectivity index (χ0v) is 27.8. The van der Waals surface area contributed by atoms with E-state index in [4.69, 9.17) is 10.2 Å². The molecule has 0 amide bonds. The summed E-state index contributed by atoms with van der Waals surface area (Å²) >= 11 is 12.5. The van der Waals surface area contributed by atoms with Crippen LogP contribution in [0.5, 0.6) is 0 Å². The van der Waals surface area contributed by atoms with Crippen LogP contribution < -0.4 is 0 Å². The zero-order chi connectivity index (χ0) is 26.0. The summed E-state index contributed by atoms with van der Waals surface area (Å²) in [7, 11) is -1.71. The third-order valence-electron chi connectivity index (χ3n) is 3.46. The molecule has 2 atom stereocenters. The fourth-order valence-electron chi connectivity index (χ4n) is 1.84. The van der Waals surface area contributed by atoms with Crippen molar-refractivity contribution >= 4 is 126 Å². The normalized spacial score (nSPS) is 13.1. The third kappa shape index (κ3) is 29.2. The first-order chi connectivity index (χ1) is 17.0. The van der Waals surface area contributed by atoms with Gasteiger partial charge >= 0.3 is 0 Å². The first-order valence-corrected chi connectivity index (χ1v) is 22.6. The van der Waals surface area contributed by atoms with Gasteiger partial charge in [-0.25, -0.2) is 0 Å². The van der Waals surface area contributed by atoms with Gasteiger partial charge in [-0.3, -0.25) is 18.0 Å². The van der Waals surface area contributed by atoms with Crippen molar-refractivity contribution in [3.63, 3.8) is 0 Å². The molecule has 0 saturated heterocycles. The Morgan fingerprint density at radius 1 is 0.571 bits per heavy atom. The molecular weight excluding hydrogens is 645 g/mol. The zero-order valence-electron chi connectivity index (χ0n) is 19.6. The molecule has 0 bridgehead atoms. The Balaban J connectivity index is 3.40. The maximum absolute atomic E-state index is 12.0. The van der Waals surface area contributed by atoms with Crippen molar-refractivity contribution in [2.75, 3.05) is 84.7 Å². The Morgan fingerprint density at radius 3 is 1.77 bits per heavy atom. The number of rotatable bonds is 26. The van der Waals surface area contributed by atoms with E-state index in [2.05, 4.69) is 0 Å². The van der Waals surface area contributed by atoms with Crippen molar-refractivity contribution in [3.05, 3.63) is 0 Å². The first kappa shape index (κ1) is 37.4. The van der Waals surface area contributed by atoms with Gasteiger partial charge in [0.1, 0.15) is 0 Å². The summed E-state index contributed by atoms with van der Waals surface area (Å²) in [5, 5.41) is 21.5. The summed E-state index contributed by atoms with van der Waals surface area (Å²) in [5.41, 5.74) is 0. The Morgan fingerprint density at radius 2 is 1.14 bits per heavy atom. The Kier molecular flexibility index (Phi) is 31.3. The second kappa shape index (κ2) is 29.3. The van der Waals surface area contributed by atoms with Crippen molar-refractivity contribution in [2.24, 2.45) is 0 Å². The predicted octanol–water partition coefficient (Wildman–Crippen LogP) is 3.95. The van der Waals surface area contributed by atoms with E-state index < -0.39 is 21.6 Å². The van der Waals surface area contributed by atoms with Gasteiger partial charge in [-0.2, -0.15) is 23.5 Å². The van der Waals surface area contributed by atoms with Crippen molar-refractivity contribution < 1.29 is 28.2 Å². The number of hydrogen-bond donors (Lipinski definition) is 2. The molecule has 0 aromatic heterocycles. The van der Waals surface area contributed by atoms with Crippen LogP contribution in [0.4, 0.5) is 0 Å². The van der Waals surface area contributed by atoms with E-state index in [9.17, 15) is 18.0 Å². The summed E-state index contributed by atoms with van der Waals surface area (Å²) in [6.45, 7) is 0.208. The molecular formula is C19H36O6S10. The van der Waals surface area contributed by atoms with Crippen LogP contribution in [0, 0.1) is 0 Å². The van der Waals surface area contributed by atoms with Crippen molar-refractivity contribution in [3.8, 4) is 0 Å². The molecule has 0 aliphatic heterocycles. The average Bonchev–Trinajstić information content (AvgIpc) is 2.84. The smallest absolute Gasteiger partial charge is 0.199 e. The maximum atomic E-state index is 12.0. The van der Waals surface area contributed by atoms with Crippen LogP contribution in [-0.2, 0) is 31.2 Å². The summed E-state index contributed by atoms with van der Waals surface area (Å²) in [4.78, 5) is 23.5. The van der Waals surface area contributed by atoms with Crippen molar-refractivity contribution in [1.82, 2.24) is 0 Å². The number of carbonyl (C=O) groups excluding carboxylic acids is 2. The van der Waals surface area contributed by atoms with Gasteiger partial charge in [0.05, 0.1) is 16.6 Å². The van der Waals surface area contributed by atoms with Gasteiger partial charge in [0.15, 0.2) is 10.2 Å². The molecule has 0 aromatic carbocycles. The standard InChI is InChI=1S/C19H36O6S10/c20-3-1-5-32-18(22)11-28-14-27-7-10-35(25)17-31-15-30-16-33-19(23)12-29-13-26-6-9-34(24)8-2-4-21/h20-21H,1-17H2. The second-order valence-electron chi connectivity index (χ2n) is 6.39. The van der Waals surface area contributed by atoms with E-state index >= 15 is 0 Å². The van der Waals surface area contributed by atoms with Gasteiger partial charge in [0.25, 0.3) is 0 Å². The molecule has 2 unspecified atom stereocenters. The van der Waals surface area contributed by atoms with Crippen molar-refractivity contribution in [1.29, 1.82) is 0 Å². The predicted molar refractivity (Wildman–Crippen MR) is 174 cm³/mol. The van der Waals surface area contributed by atoms with Crippen LogP contribution in [0.15, 0.2) is 0 Å². The van der Waals surface area contributed by atoms with Gasteiger partial charge in [0.2, 0.25) is 0 Å². The fraction of sp³-hybridized carbons (Fsp3) is 0.895. The lowest BCUT2D eigenvalue weighted by Gasteiger charge is -2.04. The molecule has 2 N–H and O–H groups in total. The molecule has 35 heavy (non-hydrogen) atoms. The SMILES string of the molecule is O=C(CSCSCCS(=O)CSCSCSC(=O)CSCSCCS(=O)CCCO)SCCCO. The largest absolute Gasteiger partial charge is 0.396 e. The van der Waals surface area contributed by atoms with Gasteiger partial charge in [-0.1, -0.05) is 23.5 Å². The minimum Gasteiger partial charge on any atom is -0.396 e. The third-order valence-corrected chi connectivity index (χ3v) is 16.6. The molecule has 0 rings (SSSR count). The molecule has 0 radical (unpaired) electrons. The Hall–Kier alpha value is 2.36. The number of thioether (sulfide) groups is 8. The maximum Gasteiger partial charge on any atom is 0.199 e. The summed E-state index contributed by atoms with van der Waals surface area (Å²) in [6.07, 6.45) is 1.23. The molecule has 16 heteroatoms. The highest BCUT2D eigenvalue weighted by Crippen LogP contribution is 2.22. The first-order valence-electron chi connectivity index (χ1n) is 10.7. The minimum atomic E-state index is -0.854. The lowest BCUT2D eigenvalue weighted by atomic mass is 10.5. The van der Waals surface area contributed by atoms with Crippen LogP contribution in [0.2, 0.25) is 0 Å². The summed E-state index contributed by atoms with van der Waals surface area (Å²) in [5.74, 6) is 5.12. The van der Waals surface area contributed by atoms with Crippen LogP contribution >= 0.6 is 94.1 Å². The van der Waals surface area contributed by atoms with E-state index in [-0.39, 0.29) is 23.4 Å². The van der Waals surface area contributed by atoms with E-state index in [1.54, 1.807) is 70.6 Å². The molecule has 0 aromatic rings. The molecule has 0 aliphatic rings. The van der Waals surface area contributed by atoms with E-state index in [0.29, 0.717) is 57.5 Å². The molecule has 0 spiro atoms. The molecule has 208 valence electrons. The average molecular weight is 681 g/mol. The van der Waals surface area contributed by atoms with Crippen molar-refractivity contribution in [2.45, 2.75) is 12.8 Å². The summed E-state index contributed by atoms with van der Waals surface area (Å²) in [6, 6.07) is 0. The van der Waals surface area contributed by atoms with E-state index in [0.717, 1.165) is 26.8 Å². The topological polar surface area (TPSA) is 109 Å². The van der Waals surface area contributed by atoms with Gasteiger partial charge in [0, 0.05) is 89.7 Å². The number of carbonyl (C=O) groups is 2. The van der Waals surface area contributed by atoms with Crippen LogP contribution in [0.25, 0.3) is 0 Å². The fourth-order valence-corrected chi connectivity index (χ4v) is 13.8. The minimum absolute atomic E-state index is 0.0869. The van der Waals surface area contributed by atoms with Gasteiger partial charge in [-0.15, -0.1) is 47.0 Å². The lowest BCUT2D eigenvalue weighted by Crippen LogP contribution is -2.06. The van der Waals surface area contributed by atoms with Crippen LogP contribution in [0.1, 0.15) is 12.8 Å².